The molecule has 0 saturated heterocycles. The minimum Gasteiger partial charge on any atom is -0.493 e. The first-order chi connectivity index (χ1) is 7.63. The predicted molar refractivity (Wildman–Crippen MR) is 57.9 cm³/mol. The minimum absolute atomic E-state index is 0.120. The van der Waals surface area contributed by atoms with Gasteiger partial charge in [-0.1, -0.05) is 13.3 Å². The molecular formula is C12H15FO3. The van der Waals surface area contributed by atoms with Crippen molar-refractivity contribution in [1.29, 1.82) is 0 Å². The van der Waals surface area contributed by atoms with Crippen LogP contribution in [0.5, 0.6) is 5.75 Å². The normalized spacial score (nSPS) is 12.1. The van der Waals surface area contributed by atoms with Crippen LogP contribution < -0.4 is 4.74 Å². The van der Waals surface area contributed by atoms with Gasteiger partial charge in [0, 0.05) is 0 Å². The minimum atomic E-state index is -0.857. The highest BCUT2D eigenvalue weighted by Gasteiger charge is 2.16. The lowest BCUT2D eigenvalue weighted by molar-refractivity contribution is -0.143. The van der Waals surface area contributed by atoms with Crippen LogP contribution in [0.4, 0.5) is 4.39 Å². The molecule has 88 valence electrons. The van der Waals surface area contributed by atoms with E-state index in [9.17, 15) is 9.18 Å². The maximum absolute atomic E-state index is 12.6. The van der Waals surface area contributed by atoms with Crippen LogP contribution in [-0.4, -0.2) is 17.7 Å². The van der Waals surface area contributed by atoms with Crippen molar-refractivity contribution in [1.82, 2.24) is 0 Å². The summed E-state index contributed by atoms with van der Waals surface area (Å²) in [5, 5.41) is 8.89. The second kappa shape index (κ2) is 6.10. The van der Waals surface area contributed by atoms with Crippen LogP contribution >= 0.6 is 0 Å². The van der Waals surface area contributed by atoms with Crippen molar-refractivity contribution in [2.75, 3.05) is 6.61 Å². The van der Waals surface area contributed by atoms with Gasteiger partial charge >= 0.3 is 5.97 Å². The van der Waals surface area contributed by atoms with Gasteiger partial charge in [-0.25, -0.2) is 4.39 Å². The van der Waals surface area contributed by atoms with Crippen molar-refractivity contribution in [3.05, 3.63) is 30.1 Å². The van der Waals surface area contributed by atoms with E-state index in [0.29, 0.717) is 12.2 Å². The molecule has 0 amide bonds. The average Bonchev–Trinajstić information content (AvgIpc) is 2.26. The topological polar surface area (TPSA) is 46.5 Å². The van der Waals surface area contributed by atoms with Crippen LogP contribution in [0.15, 0.2) is 24.3 Å². The predicted octanol–water partition coefficient (Wildman–Crippen LogP) is 2.71. The number of hydrogen-bond donors (Lipinski definition) is 1. The zero-order valence-electron chi connectivity index (χ0n) is 9.15. The molecule has 1 atom stereocenters. The lowest BCUT2D eigenvalue weighted by Crippen LogP contribution is -2.21. The first kappa shape index (κ1) is 12.5. The molecule has 0 fully saturated rings. The SMILES string of the molecule is CCCC(COc1ccc(F)cc1)C(=O)O. The molecule has 1 unspecified atom stereocenters. The summed E-state index contributed by atoms with van der Waals surface area (Å²) in [6, 6.07) is 5.54. The Morgan fingerprint density at radius 3 is 2.56 bits per heavy atom. The van der Waals surface area contributed by atoms with Gasteiger partial charge in [-0.3, -0.25) is 4.79 Å². The van der Waals surface area contributed by atoms with E-state index >= 15 is 0 Å². The Morgan fingerprint density at radius 1 is 1.44 bits per heavy atom. The number of ether oxygens (including phenoxy) is 1. The van der Waals surface area contributed by atoms with E-state index in [-0.39, 0.29) is 12.4 Å². The molecule has 16 heavy (non-hydrogen) atoms. The standard InChI is InChI=1S/C12H15FO3/c1-2-3-9(12(14)15)8-16-11-6-4-10(13)5-7-11/h4-7,9H,2-3,8H2,1H3,(H,14,15). The summed E-state index contributed by atoms with van der Waals surface area (Å²) in [5.74, 6) is -1.21. The Kier molecular flexibility index (Phi) is 4.76. The molecule has 3 nitrogen and oxygen atoms in total. The summed E-state index contributed by atoms with van der Waals surface area (Å²) >= 11 is 0. The Morgan fingerprint density at radius 2 is 2.06 bits per heavy atom. The molecule has 4 heteroatoms. The Balaban J connectivity index is 2.48. The summed E-state index contributed by atoms with van der Waals surface area (Å²) < 4.78 is 17.9. The summed E-state index contributed by atoms with van der Waals surface area (Å²) in [7, 11) is 0. The van der Waals surface area contributed by atoms with Crippen molar-refractivity contribution >= 4 is 5.97 Å². The van der Waals surface area contributed by atoms with Crippen molar-refractivity contribution in [3.63, 3.8) is 0 Å². The summed E-state index contributed by atoms with van der Waals surface area (Å²) in [4.78, 5) is 10.8. The molecule has 1 N–H and O–H groups in total. The van der Waals surface area contributed by atoms with E-state index in [1.54, 1.807) is 0 Å². The molecule has 0 spiro atoms. The van der Waals surface area contributed by atoms with Gasteiger partial charge in [0.25, 0.3) is 0 Å². The third-order valence-electron chi connectivity index (χ3n) is 2.25. The number of halogens is 1. The van der Waals surface area contributed by atoms with Crippen LogP contribution in [0.3, 0.4) is 0 Å². The molecule has 0 saturated carbocycles. The maximum Gasteiger partial charge on any atom is 0.309 e. The fourth-order valence-corrected chi connectivity index (χ4v) is 1.35. The second-order valence-electron chi connectivity index (χ2n) is 3.59. The van der Waals surface area contributed by atoms with Crippen molar-refractivity contribution in [2.45, 2.75) is 19.8 Å². The number of benzene rings is 1. The molecule has 0 radical (unpaired) electrons. The van der Waals surface area contributed by atoms with E-state index in [0.717, 1.165) is 6.42 Å². The van der Waals surface area contributed by atoms with Crippen LogP contribution in [0.1, 0.15) is 19.8 Å². The van der Waals surface area contributed by atoms with E-state index in [1.165, 1.54) is 24.3 Å². The molecule has 0 bridgehead atoms. The molecule has 1 aromatic carbocycles. The number of carboxylic acids is 1. The van der Waals surface area contributed by atoms with Crippen LogP contribution in [0.25, 0.3) is 0 Å². The molecule has 0 aromatic heterocycles. The van der Waals surface area contributed by atoms with Gasteiger partial charge in [-0.2, -0.15) is 0 Å². The fourth-order valence-electron chi connectivity index (χ4n) is 1.35. The zero-order valence-corrected chi connectivity index (χ0v) is 9.15. The van der Waals surface area contributed by atoms with Crippen molar-refractivity contribution in [3.8, 4) is 5.75 Å². The van der Waals surface area contributed by atoms with E-state index in [4.69, 9.17) is 9.84 Å². The molecule has 0 aliphatic rings. The molecular weight excluding hydrogens is 211 g/mol. The molecule has 0 aliphatic carbocycles. The first-order valence-electron chi connectivity index (χ1n) is 5.24. The van der Waals surface area contributed by atoms with Crippen molar-refractivity contribution in [2.24, 2.45) is 5.92 Å². The van der Waals surface area contributed by atoms with Crippen LogP contribution in [-0.2, 0) is 4.79 Å². The number of aliphatic carboxylic acids is 1. The Hall–Kier alpha value is -1.58. The number of hydrogen-bond acceptors (Lipinski definition) is 2. The third-order valence-corrected chi connectivity index (χ3v) is 2.25. The first-order valence-corrected chi connectivity index (χ1v) is 5.24. The number of carboxylic acid groups (broad SMARTS) is 1. The Labute approximate surface area is 93.9 Å². The highest BCUT2D eigenvalue weighted by Crippen LogP contribution is 2.14. The maximum atomic E-state index is 12.6. The molecule has 1 aromatic rings. The van der Waals surface area contributed by atoms with Gasteiger partial charge in [-0.05, 0) is 30.7 Å². The average molecular weight is 226 g/mol. The lowest BCUT2D eigenvalue weighted by atomic mass is 10.1. The molecule has 0 heterocycles. The summed E-state index contributed by atoms with van der Waals surface area (Å²) in [6.45, 7) is 2.04. The smallest absolute Gasteiger partial charge is 0.309 e. The summed E-state index contributed by atoms with van der Waals surface area (Å²) in [5.41, 5.74) is 0. The highest BCUT2D eigenvalue weighted by atomic mass is 19.1. The van der Waals surface area contributed by atoms with Gasteiger partial charge in [0.2, 0.25) is 0 Å². The van der Waals surface area contributed by atoms with Crippen LogP contribution in [0.2, 0.25) is 0 Å². The van der Waals surface area contributed by atoms with Gasteiger partial charge in [-0.15, -0.1) is 0 Å². The molecule has 1 rings (SSSR count). The largest absolute Gasteiger partial charge is 0.493 e. The molecule has 0 aliphatic heterocycles. The van der Waals surface area contributed by atoms with E-state index < -0.39 is 11.9 Å². The van der Waals surface area contributed by atoms with Gasteiger partial charge < -0.3 is 9.84 Å². The van der Waals surface area contributed by atoms with Gasteiger partial charge in [0.1, 0.15) is 18.2 Å². The van der Waals surface area contributed by atoms with Crippen molar-refractivity contribution < 1.29 is 19.0 Å². The van der Waals surface area contributed by atoms with E-state index in [2.05, 4.69) is 0 Å². The monoisotopic (exact) mass is 226 g/mol. The summed E-state index contributed by atoms with van der Waals surface area (Å²) in [6.07, 6.45) is 1.38. The quantitative estimate of drug-likeness (QED) is 0.811. The van der Waals surface area contributed by atoms with Gasteiger partial charge in [0.05, 0.1) is 5.92 Å². The van der Waals surface area contributed by atoms with Crippen LogP contribution in [0, 0.1) is 11.7 Å². The second-order valence-corrected chi connectivity index (χ2v) is 3.59. The fraction of sp³-hybridized carbons (Fsp3) is 0.417. The zero-order chi connectivity index (χ0) is 12.0. The third kappa shape index (κ3) is 3.88. The number of carbonyl (C=O) groups is 1. The Bertz CT molecular complexity index is 335. The van der Waals surface area contributed by atoms with E-state index in [1.807, 2.05) is 6.92 Å². The van der Waals surface area contributed by atoms with Gasteiger partial charge in [0.15, 0.2) is 0 Å². The number of rotatable bonds is 6. The lowest BCUT2D eigenvalue weighted by Gasteiger charge is -2.12. The highest BCUT2D eigenvalue weighted by molar-refractivity contribution is 5.70.